The van der Waals surface area contributed by atoms with E-state index in [1.165, 1.54) is 34.3 Å². The van der Waals surface area contributed by atoms with E-state index >= 15 is 0 Å². The van der Waals surface area contributed by atoms with Gasteiger partial charge in [-0.05, 0) is 87.5 Å². The highest BCUT2D eigenvalue weighted by Gasteiger charge is 2.33. The van der Waals surface area contributed by atoms with Crippen molar-refractivity contribution in [1.82, 2.24) is 19.4 Å². The maximum Gasteiger partial charge on any atom is 0.417 e. The zero-order valence-electron chi connectivity index (χ0n) is 26.8. The molecule has 3 heterocycles. The number of aromatic nitrogens is 2. The number of hydrogen-bond donors (Lipinski definition) is 2. The van der Waals surface area contributed by atoms with Gasteiger partial charge >= 0.3 is 6.09 Å². The number of benzene rings is 2. The van der Waals surface area contributed by atoms with Crippen LogP contribution in [0.15, 0.2) is 59.5 Å². The van der Waals surface area contributed by atoms with Gasteiger partial charge in [0.25, 0.3) is 5.56 Å². The van der Waals surface area contributed by atoms with Crippen LogP contribution < -0.4 is 20.9 Å². The summed E-state index contributed by atoms with van der Waals surface area (Å²) in [7, 11) is 3.65. The predicted molar refractivity (Wildman–Crippen MR) is 182 cm³/mol. The number of ether oxygens (including phenoxy) is 1. The zero-order chi connectivity index (χ0) is 32.4. The van der Waals surface area contributed by atoms with Crippen LogP contribution in [0.3, 0.4) is 0 Å². The van der Waals surface area contributed by atoms with Crippen molar-refractivity contribution in [3.8, 4) is 16.3 Å². The average molecular weight is 641 g/mol. The molecule has 0 bridgehead atoms. The van der Waals surface area contributed by atoms with Crippen molar-refractivity contribution in [1.29, 1.82) is 0 Å². The SMILES string of the molecule is CCN1CCN(C)C(c2ccc(Nc3nc(-c4cccc(NC(=O)Oc5cc6c(s5)CCCCC6)c4C)cn(C)c3=O)cc2)C1=O. The highest BCUT2D eigenvalue weighted by Crippen LogP contribution is 2.35. The first-order valence-corrected chi connectivity index (χ1v) is 16.7. The second-order valence-electron chi connectivity index (χ2n) is 12.0. The van der Waals surface area contributed by atoms with Crippen molar-refractivity contribution in [3.63, 3.8) is 0 Å². The first-order chi connectivity index (χ1) is 22.2. The third kappa shape index (κ3) is 6.56. The molecule has 1 aliphatic heterocycles. The summed E-state index contributed by atoms with van der Waals surface area (Å²) in [5, 5.41) is 6.67. The lowest BCUT2D eigenvalue weighted by molar-refractivity contribution is -0.140. The van der Waals surface area contributed by atoms with Gasteiger partial charge in [-0.3, -0.25) is 19.8 Å². The Morgan fingerprint density at radius 2 is 1.83 bits per heavy atom. The van der Waals surface area contributed by atoms with Crippen molar-refractivity contribution in [3.05, 3.63) is 86.6 Å². The largest absolute Gasteiger partial charge is 0.417 e. The minimum Gasteiger partial charge on any atom is -0.399 e. The van der Waals surface area contributed by atoms with Gasteiger partial charge in [0.15, 0.2) is 10.9 Å². The van der Waals surface area contributed by atoms with Gasteiger partial charge in [-0.15, -0.1) is 11.3 Å². The Kier molecular flexibility index (Phi) is 9.23. The molecule has 1 unspecified atom stereocenters. The van der Waals surface area contributed by atoms with E-state index in [4.69, 9.17) is 9.72 Å². The second kappa shape index (κ2) is 13.5. The lowest BCUT2D eigenvalue weighted by atomic mass is 10.0. The minimum atomic E-state index is -0.542. The smallest absolute Gasteiger partial charge is 0.399 e. The second-order valence-corrected chi connectivity index (χ2v) is 13.1. The summed E-state index contributed by atoms with van der Waals surface area (Å²) >= 11 is 1.55. The van der Waals surface area contributed by atoms with Crippen molar-refractivity contribution in [2.75, 3.05) is 37.3 Å². The fourth-order valence-corrected chi connectivity index (χ4v) is 7.36. The van der Waals surface area contributed by atoms with Crippen LogP contribution in [-0.4, -0.2) is 58.0 Å². The summed E-state index contributed by atoms with van der Waals surface area (Å²) in [4.78, 5) is 49.0. The summed E-state index contributed by atoms with van der Waals surface area (Å²) < 4.78 is 7.17. The van der Waals surface area contributed by atoms with Crippen LogP contribution in [0.2, 0.25) is 0 Å². The van der Waals surface area contributed by atoms with Crippen LogP contribution in [0.4, 0.5) is 22.0 Å². The number of nitrogens with one attached hydrogen (secondary N) is 2. The fraction of sp³-hybridized carbons (Fsp3) is 0.371. The number of rotatable bonds is 7. The summed E-state index contributed by atoms with van der Waals surface area (Å²) in [6, 6.07) is 14.8. The number of thiophene rings is 1. The maximum atomic E-state index is 13.1. The number of fused-ring (bicyclic) bond motifs is 1. The number of carbonyl (C=O) groups excluding carboxylic acids is 2. The highest BCUT2D eigenvalue weighted by molar-refractivity contribution is 7.14. The van der Waals surface area contributed by atoms with E-state index in [2.05, 4.69) is 15.5 Å². The van der Waals surface area contributed by atoms with Crippen LogP contribution in [0.5, 0.6) is 5.06 Å². The fourth-order valence-electron chi connectivity index (χ4n) is 6.26. The average Bonchev–Trinajstić information content (AvgIpc) is 3.28. The van der Waals surface area contributed by atoms with Crippen LogP contribution in [0.1, 0.15) is 53.8 Å². The van der Waals surface area contributed by atoms with Gasteiger partial charge in [-0.25, -0.2) is 9.78 Å². The van der Waals surface area contributed by atoms with Crippen molar-refractivity contribution >= 4 is 40.5 Å². The molecule has 1 fully saturated rings. The molecule has 2 N–H and O–H groups in total. The molecule has 11 heteroatoms. The normalized spacial score (nSPS) is 16.9. The number of anilines is 3. The van der Waals surface area contributed by atoms with Gasteiger partial charge in [-0.2, -0.15) is 0 Å². The van der Waals surface area contributed by atoms with Gasteiger partial charge in [0, 0.05) is 54.7 Å². The van der Waals surface area contributed by atoms with E-state index in [-0.39, 0.29) is 23.3 Å². The number of amides is 2. The molecule has 0 radical (unpaired) electrons. The molecule has 4 aromatic rings. The molecular weight excluding hydrogens is 600 g/mol. The molecule has 240 valence electrons. The monoisotopic (exact) mass is 640 g/mol. The molecule has 1 atom stereocenters. The Labute approximate surface area is 273 Å². The maximum absolute atomic E-state index is 13.1. The topological polar surface area (TPSA) is 109 Å². The van der Waals surface area contributed by atoms with E-state index in [1.54, 1.807) is 24.6 Å². The number of hydrogen-bond acceptors (Lipinski definition) is 8. The van der Waals surface area contributed by atoms with E-state index in [1.807, 2.05) is 74.3 Å². The lowest BCUT2D eigenvalue weighted by Crippen LogP contribution is -2.50. The molecule has 2 aromatic carbocycles. The van der Waals surface area contributed by atoms with Crippen molar-refractivity contribution in [2.24, 2.45) is 7.05 Å². The standard InChI is InChI=1S/C35H40N6O4S/c1-5-41-19-18-39(3)31(33(41)42)23-14-16-25(17-15-23)36-32-34(43)40(4)21-28(37-32)26-11-9-12-27(22(26)2)38-35(44)45-30-20-24-10-7-6-8-13-29(24)46-30/h9,11-12,14-17,20-21,31H,5-8,10,13,18-19H2,1-4H3,(H,36,37)(H,38,44). The van der Waals surface area contributed by atoms with Crippen LogP contribution in [-0.2, 0) is 24.7 Å². The molecular formula is C35H40N6O4S. The summed E-state index contributed by atoms with van der Waals surface area (Å²) in [5.41, 5.74) is 5.34. The quantitative estimate of drug-likeness (QED) is 0.229. The summed E-state index contributed by atoms with van der Waals surface area (Å²) in [6.45, 7) is 6.12. The number of aryl methyl sites for hydroxylation is 3. The Hall–Kier alpha value is -4.48. The summed E-state index contributed by atoms with van der Waals surface area (Å²) in [6.07, 6.45) is 6.79. The van der Waals surface area contributed by atoms with Crippen molar-refractivity contribution in [2.45, 2.75) is 52.0 Å². The van der Waals surface area contributed by atoms with Crippen LogP contribution in [0, 0.1) is 6.92 Å². The number of piperazine rings is 1. The Morgan fingerprint density at radius 3 is 2.61 bits per heavy atom. The Bertz CT molecular complexity index is 1790. The molecule has 0 saturated carbocycles. The number of likely N-dealkylation sites (N-methyl/N-ethyl adjacent to an activating group) is 2. The van der Waals surface area contributed by atoms with Gasteiger partial charge in [0.2, 0.25) is 5.91 Å². The summed E-state index contributed by atoms with van der Waals surface area (Å²) in [5.74, 6) is 0.270. The van der Waals surface area contributed by atoms with Crippen molar-refractivity contribution < 1.29 is 14.3 Å². The molecule has 10 nitrogen and oxygen atoms in total. The van der Waals surface area contributed by atoms with E-state index in [0.29, 0.717) is 28.7 Å². The van der Waals surface area contributed by atoms with E-state index < -0.39 is 6.09 Å². The first-order valence-electron chi connectivity index (χ1n) is 15.9. The Balaban J connectivity index is 1.19. The minimum absolute atomic E-state index is 0.0983. The zero-order valence-corrected chi connectivity index (χ0v) is 27.6. The number of carbonyl (C=O) groups is 2. The van der Waals surface area contributed by atoms with Crippen LogP contribution in [0.25, 0.3) is 11.3 Å². The molecule has 2 amide bonds. The third-order valence-electron chi connectivity index (χ3n) is 8.91. The van der Waals surface area contributed by atoms with Gasteiger partial charge in [0.1, 0.15) is 6.04 Å². The molecule has 1 aliphatic carbocycles. The first kappa shape index (κ1) is 31.5. The van der Waals surface area contributed by atoms with Crippen LogP contribution >= 0.6 is 11.3 Å². The van der Waals surface area contributed by atoms with Gasteiger partial charge in [0.05, 0.1) is 5.69 Å². The highest BCUT2D eigenvalue weighted by atomic mass is 32.1. The van der Waals surface area contributed by atoms with E-state index in [0.717, 1.165) is 42.6 Å². The molecule has 0 spiro atoms. The lowest BCUT2D eigenvalue weighted by Gasteiger charge is -2.38. The third-order valence-corrected chi connectivity index (χ3v) is 10.0. The predicted octanol–water partition coefficient (Wildman–Crippen LogP) is 6.28. The molecule has 2 aliphatic rings. The molecule has 46 heavy (non-hydrogen) atoms. The molecule has 2 aromatic heterocycles. The van der Waals surface area contributed by atoms with Gasteiger partial charge < -0.3 is 19.5 Å². The van der Waals surface area contributed by atoms with Gasteiger partial charge in [-0.1, -0.05) is 30.7 Å². The number of nitrogens with zero attached hydrogens (tertiary/aromatic N) is 4. The van der Waals surface area contributed by atoms with E-state index in [9.17, 15) is 14.4 Å². The molecule has 6 rings (SSSR count). The molecule has 1 saturated heterocycles. The Morgan fingerprint density at radius 1 is 1.04 bits per heavy atom.